The Morgan fingerprint density at radius 3 is 2.43 bits per heavy atom. The van der Waals surface area contributed by atoms with E-state index >= 15 is 0 Å². The zero-order valence-electron chi connectivity index (χ0n) is 7.84. The summed E-state index contributed by atoms with van der Waals surface area (Å²) in [6, 6.07) is 7.32. The number of aliphatic hydroxyl groups excluding tert-OH is 2. The average Bonchev–Trinajstić information content (AvgIpc) is 2.30. The fraction of sp³-hybridized carbons (Fsp3) is 0.400. The van der Waals surface area contributed by atoms with Crippen molar-refractivity contribution in [2.45, 2.75) is 24.7 Å². The van der Waals surface area contributed by atoms with Gasteiger partial charge in [0.25, 0.3) is 0 Å². The van der Waals surface area contributed by atoms with Gasteiger partial charge in [-0.15, -0.1) is 12.4 Å². The van der Waals surface area contributed by atoms with Crippen LogP contribution in [-0.4, -0.2) is 16.3 Å². The minimum atomic E-state index is -0.912. The number of fused-ring (bicyclic) bond motifs is 1. The molecule has 0 bridgehead atoms. The van der Waals surface area contributed by atoms with Gasteiger partial charge in [-0.25, -0.2) is 0 Å². The molecule has 0 saturated heterocycles. The van der Waals surface area contributed by atoms with E-state index in [-0.39, 0.29) is 12.4 Å². The largest absolute Gasteiger partial charge is 0.388 e. The minimum absolute atomic E-state index is 0. The monoisotopic (exact) mass is 215 g/mol. The predicted octanol–water partition coefficient (Wildman–Crippen LogP) is 0.690. The van der Waals surface area contributed by atoms with Crippen LogP contribution < -0.4 is 5.73 Å². The Balaban J connectivity index is 0.000000980. The number of nitrogens with two attached hydrogens (primary N) is 1. The van der Waals surface area contributed by atoms with Crippen molar-refractivity contribution in [3.8, 4) is 0 Å². The van der Waals surface area contributed by atoms with Gasteiger partial charge in [-0.2, -0.15) is 0 Å². The van der Waals surface area contributed by atoms with Gasteiger partial charge < -0.3 is 15.9 Å². The van der Waals surface area contributed by atoms with Gasteiger partial charge in [-0.3, -0.25) is 0 Å². The van der Waals surface area contributed by atoms with Crippen molar-refractivity contribution >= 4 is 12.4 Å². The topological polar surface area (TPSA) is 66.5 Å². The molecule has 78 valence electrons. The summed E-state index contributed by atoms with van der Waals surface area (Å²) in [4.78, 5) is 0. The van der Waals surface area contributed by atoms with Crippen LogP contribution in [0.1, 0.15) is 24.2 Å². The van der Waals surface area contributed by atoms with Crippen LogP contribution in [0.3, 0.4) is 0 Å². The van der Waals surface area contributed by atoms with Crippen molar-refractivity contribution < 1.29 is 10.2 Å². The highest BCUT2D eigenvalue weighted by atomic mass is 35.5. The number of hydrogen-bond donors (Lipinski definition) is 3. The van der Waals surface area contributed by atoms with Gasteiger partial charge in [0, 0.05) is 0 Å². The van der Waals surface area contributed by atoms with Crippen molar-refractivity contribution in [3.63, 3.8) is 0 Å². The second-order valence-corrected chi connectivity index (χ2v) is 3.76. The van der Waals surface area contributed by atoms with Gasteiger partial charge >= 0.3 is 0 Å². The quantitative estimate of drug-likeness (QED) is 0.597. The molecular weight excluding hydrogens is 202 g/mol. The second-order valence-electron chi connectivity index (χ2n) is 3.76. The van der Waals surface area contributed by atoms with Gasteiger partial charge in [0.1, 0.15) is 12.2 Å². The van der Waals surface area contributed by atoms with Gasteiger partial charge in [0.15, 0.2) is 0 Å². The summed E-state index contributed by atoms with van der Waals surface area (Å²) in [7, 11) is 0. The lowest BCUT2D eigenvalue weighted by Crippen LogP contribution is -2.42. The molecule has 1 aromatic rings. The van der Waals surface area contributed by atoms with E-state index in [1.54, 1.807) is 13.0 Å². The normalized spacial score (nSPS) is 34.9. The summed E-state index contributed by atoms with van der Waals surface area (Å²) in [5, 5.41) is 19.3. The number of benzene rings is 1. The Hall–Kier alpha value is -0.610. The smallest absolute Gasteiger partial charge is 0.107 e. The van der Waals surface area contributed by atoms with E-state index in [1.807, 2.05) is 18.2 Å². The van der Waals surface area contributed by atoms with E-state index < -0.39 is 17.7 Å². The standard InChI is InChI=1S/C10H13NO2.ClH/c1-10(11)7-5-3-2-4-6(7)8(12)9(10)13;/h2-5,8-9,12-13H,11H2,1H3;1H/t8-,9-,10-;/m1./s1. The van der Waals surface area contributed by atoms with Gasteiger partial charge in [0.2, 0.25) is 0 Å². The maximum absolute atomic E-state index is 9.67. The lowest BCUT2D eigenvalue weighted by Gasteiger charge is -2.24. The Bertz CT molecular complexity index is 341. The Morgan fingerprint density at radius 2 is 1.86 bits per heavy atom. The molecule has 2 rings (SSSR count). The van der Waals surface area contributed by atoms with Gasteiger partial charge in [0.05, 0.1) is 5.54 Å². The summed E-state index contributed by atoms with van der Waals surface area (Å²) >= 11 is 0. The fourth-order valence-corrected chi connectivity index (χ4v) is 1.90. The van der Waals surface area contributed by atoms with Crippen molar-refractivity contribution in [2.24, 2.45) is 5.73 Å². The molecule has 0 aromatic heterocycles. The van der Waals surface area contributed by atoms with E-state index in [0.29, 0.717) is 0 Å². The molecule has 4 N–H and O–H groups in total. The van der Waals surface area contributed by atoms with Crippen molar-refractivity contribution in [1.29, 1.82) is 0 Å². The molecule has 3 nitrogen and oxygen atoms in total. The molecule has 4 heteroatoms. The average molecular weight is 216 g/mol. The highest BCUT2D eigenvalue weighted by molar-refractivity contribution is 5.85. The van der Waals surface area contributed by atoms with Crippen LogP contribution in [0.5, 0.6) is 0 Å². The molecule has 0 amide bonds. The summed E-state index contributed by atoms with van der Waals surface area (Å²) in [5.41, 5.74) is 6.64. The van der Waals surface area contributed by atoms with E-state index in [0.717, 1.165) is 11.1 Å². The molecule has 1 aromatic carbocycles. The predicted molar refractivity (Wildman–Crippen MR) is 56.2 cm³/mol. The highest BCUT2D eigenvalue weighted by Crippen LogP contribution is 2.41. The lowest BCUT2D eigenvalue weighted by molar-refractivity contribution is -0.00839. The molecule has 0 radical (unpaired) electrons. The third-order valence-corrected chi connectivity index (χ3v) is 2.77. The van der Waals surface area contributed by atoms with Gasteiger partial charge in [-0.1, -0.05) is 24.3 Å². The van der Waals surface area contributed by atoms with E-state index in [9.17, 15) is 10.2 Å². The molecule has 3 atom stereocenters. The SMILES string of the molecule is C[C@@]1(N)c2ccccc2[C@@H](O)[C@H]1O.Cl. The first-order valence-corrected chi connectivity index (χ1v) is 4.29. The third-order valence-electron chi connectivity index (χ3n) is 2.77. The van der Waals surface area contributed by atoms with Gasteiger partial charge in [-0.05, 0) is 18.1 Å². The maximum Gasteiger partial charge on any atom is 0.107 e. The number of hydrogen-bond acceptors (Lipinski definition) is 3. The molecule has 0 spiro atoms. The molecule has 1 aliphatic carbocycles. The first-order valence-electron chi connectivity index (χ1n) is 4.29. The number of rotatable bonds is 0. The van der Waals surface area contributed by atoms with Crippen molar-refractivity contribution in [2.75, 3.05) is 0 Å². The van der Waals surface area contributed by atoms with E-state index in [2.05, 4.69) is 0 Å². The molecular formula is C10H14ClNO2. The highest BCUT2D eigenvalue weighted by Gasteiger charge is 2.44. The van der Waals surface area contributed by atoms with E-state index in [4.69, 9.17) is 5.73 Å². The Labute approximate surface area is 89.0 Å². The third kappa shape index (κ3) is 1.33. The summed E-state index contributed by atoms with van der Waals surface area (Å²) in [5.74, 6) is 0. The Kier molecular flexibility index (Phi) is 2.88. The van der Waals surface area contributed by atoms with Crippen molar-refractivity contribution in [3.05, 3.63) is 35.4 Å². The lowest BCUT2D eigenvalue weighted by atomic mass is 9.94. The molecule has 0 heterocycles. The first-order chi connectivity index (χ1) is 6.05. The summed E-state index contributed by atoms with van der Waals surface area (Å²) in [6.07, 6.45) is -1.77. The molecule has 14 heavy (non-hydrogen) atoms. The molecule has 0 fully saturated rings. The number of halogens is 1. The Morgan fingerprint density at radius 1 is 1.29 bits per heavy atom. The van der Waals surface area contributed by atoms with Crippen LogP contribution >= 0.6 is 12.4 Å². The molecule has 0 saturated carbocycles. The van der Waals surface area contributed by atoms with Crippen LogP contribution in [0.4, 0.5) is 0 Å². The molecule has 0 unspecified atom stereocenters. The summed E-state index contributed by atoms with van der Waals surface area (Å²) < 4.78 is 0. The summed E-state index contributed by atoms with van der Waals surface area (Å²) in [6.45, 7) is 1.73. The van der Waals surface area contributed by atoms with Crippen LogP contribution in [0.15, 0.2) is 24.3 Å². The molecule has 1 aliphatic rings. The van der Waals surface area contributed by atoms with Crippen LogP contribution in [0.25, 0.3) is 0 Å². The first kappa shape index (κ1) is 11.5. The van der Waals surface area contributed by atoms with Crippen LogP contribution in [-0.2, 0) is 5.54 Å². The van der Waals surface area contributed by atoms with Crippen LogP contribution in [0.2, 0.25) is 0 Å². The van der Waals surface area contributed by atoms with Crippen molar-refractivity contribution in [1.82, 2.24) is 0 Å². The number of aliphatic hydroxyl groups is 2. The maximum atomic E-state index is 9.67. The molecule has 0 aliphatic heterocycles. The second kappa shape index (κ2) is 3.51. The fourth-order valence-electron chi connectivity index (χ4n) is 1.90. The zero-order chi connectivity index (χ0) is 9.64. The van der Waals surface area contributed by atoms with E-state index in [1.165, 1.54) is 0 Å². The van der Waals surface area contributed by atoms with Crippen LogP contribution in [0, 0.1) is 0 Å². The zero-order valence-corrected chi connectivity index (χ0v) is 8.66. The minimum Gasteiger partial charge on any atom is -0.388 e.